The molecular formula is C22H27NO2. The molecule has 0 aliphatic rings. The summed E-state index contributed by atoms with van der Waals surface area (Å²) in [7, 11) is 0. The van der Waals surface area contributed by atoms with Gasteiger partial charge in [0.1, 0.15) is 5.60 Å². The smallest absolute Gasteiger partial charge is 0.336 e. The molecule has 2 rings (SSSR count). The van der Waals surface area contributed by atoms with Gasteiger partial charge in [-0.3, -0.25) is 5.32 Å². The van der Waals surface area contributed by atoms with E-state index in [2.05, 4.69) is 11.9 Å². The number of hydrogen-bond acceptors (Lipinski definition) is 3. The molecule has 0 aliphatic heterocycles. The van der Waals surface area contributed by atoms with Gasteiger partial charge in [0.2, 0.25) is 0 Å². The third-order valence-corrected chi connectivity index (χ3v) is 3.91. The van der Waals surface area contributed by atoms with Crippen LogP contribution in [0.25, 0.3) is 0 Å². The largest absolute Gasteiger partial charge is 0.458 e. The van der Waals surface area contributed by atoms with Crippen LogP contribution < -0.4 is 5.32 Å². The maximum Gasteiger partial charge on any atom is 0.336 e. The van der Waals surface area contributed by atoms with Crippen LogP contribution in [0.5, 0.6) is 0 Å². The molecule has 3 heteroatoms. The third kappa shape index (κ3) is 4.37. The Labute approximate surface area is 150 Å². The Bertz CT molecular complexity index is 714. The van der Waals surface area contributed by atoms with Crippen molar-refractivity contribution in [2.75, 3.05) is 6.54 Å². The average Bonchev–Trinajstić information content (AvgIpc) is 2.56. The summed E-state index contributed by atoms with van der Waals surface area (Å²) in [6.07, 6.45) is 1.75. The second-order valence-electron chi connectivity index (χ2n) is 7.15. The molecule has 25 heavy (non-hydrogen) atoms. The summed E-state index contributed by atoms with van der Waals surface area (Å²) < 4.78 is 5.80. The number of esters is 1. The van der Waals surface area contributed by atoms with Gasteiger partial charge in [-0.25, -0.2) is 4.79 Å². The van der Waals surface area contributed by atoms with Crippen LogP contribution in [0.3, 0.4) is 0 Å². The molecule has 0 bridgehead atoms. The van der Waals surface area contributed by atoms with Crippen LogP contribution in [0.4, 0.5) is 0 Å². The highest BCUT2D eigenvalue weighted by Crippen LogP contribution is 2.33. The van der Waals surface area contributed by atoms with Crippen molar-refractivity contribution in [3.8, 4) is 0 Å². The molecule has 0 fully saturated rings. The Balaban J connectivity index is 2.66. The standard InChI is InChI=1S/C22H27NO2/c1-6-16-23-22(18-10-8-7-9-11-18,20(24)25-21(3,4)5)19-14-12-17(2)13-15-19/h6-15,23H,1,16H2,2-5H3/t22-/m1/s1. The molecular weight excluding hydrogens is 310 g/mol. The summed E-state index contributed by atoms with van der Waals surface area (Å²) >= 11 is 0. The highest BCUT2D eigenvalue weighted by molar-refractivity contribution is 5.87. The van der Waals surface area contributed by atoms with E-state index in [-0.39, 0.29) is 5.97 Å². The first-order chi connectivity index (χ1) is 11.8. The third-order valence-electron chi connectivity index (χ3n) is 3.91. The fourth-order valence-electron chi connectivity index (χ4n) is 2.75. The Hall–Kier alpha value is -2.39. The molecule has 0 saturated heterocycles. The van der Waals surface area contributed by atoms with Gasteiger partial charge in [-0.2, -0.15) is 0 Å². The van der Waals surface area contributed by atoms with E-state index in [9.17, 15) is 4.79 Å². The van der Waals surface area contributed by atoms with Crippen molar-refractivity contribution in [1.82, 2.24) is 5.32 Å². The fraction of sp³-hybridized carbons (Fsp3) is 0.318. The summed E-state index contributed by atoms with van der Waals surface area (Å²) in [5.74, 6) is -0.322. The van der Waals surface area contributed by atoms with E-state index in [4.69, 9.17) is 4.74 Å². The Morgan fingerprint density at radius 1 is 1.04 bits per heavy atom. The molecule has 2 aromatic rings. The van der Waals surface area contributed by atoms with Crippen molar-refractivity contribution in [3.63, 3.8) is 0 Å². The molecule has 0 unspecified atom stereocenters. The SMILES string of the molecule is C=CCN[C@](C(=O)OC(C)(C)C)(c1ccccc1)c1ccc(C)cc1. The molecule has 1 N–H and O–H groups in total. The molecule has 0 amide bonds. The molecule has 0 aliphatic carbocycles. The van der Waals surface area contributed by atoms with Crippen LogP contribution >= 0.6 is 0 Å². The van der Waals surface area contributed by atoms with Gasteiger partial charge in [-0.1, -0.05) is 66.2 Å². The molecule has 3 nitrogen and oxygen atoms in total. The van der Waals surface area contributed by atoms with Crippen LogP contribution in [0, 0.1) is 6.92 Å². The minimum Gasteiger partial charge on any atom is -0.458 e. The predicted octanol–water partition coefficient (Wildman–Crippen LogP) is 4.36. The predicted molar refractivity (Wildman–Crippen MR) is 102 cm³/mol. The maximum absolute atomic E-state index is 13.4. The van der Waals surface area contributed by atoms with Gasteiger partial charge in [0.15, 0.2) is 5.54 Å². The monoisotopic (exact) mass is 337 g/mol. The number of nitrogens with one attached hydrogen (secondary N) is 1. The summed E-state index contributed by atoms with van der Waals surface area (Å²) in [6, 6.07) is 17.6. The van der Waals surface area contributed by atoms with E-state index in [1.165, 1.54) is 0 Å². The van der Waals surface area contributed by atoms with E-state index >= 15 is 0 Å². The molecule has 0 aromatic heterocycles. The first-order valence-corrected chi connectivity index (χ1v) is 8.51. The zero-order valence-electron chi connectivity index (χ0n) is 15.5. The van der Waals surface area contributed by atoms with Crippen LogP contribution in [-0.2, 0) is 15.1 Å². The second-order valence-corrected chi connectivity index (χ2v) is 7.15. The van der Waals surface area contributed by atoms with Gasteiger partial charge in [-0.05, 0) is 38.8 Å². The summed E-state index contributed by atoms with van der Waals surface area (Å²) in [5, 5.41) is 3.36. The van der Waals surface area contributed by atoms with Crippen molar-refractivity contribution in [3.05, 3.63) is 83.9 Å². The number of rotatable bonds is 6. The van der Waals surface area contributed by atoms with Gasteiger partial charge in [-0.15, -0.1) is 6.58 Å². The van der Waals surface area contributed by atoms with Crippen molar-refractivity contribution < 1.29 is 9.53 Å². The Morgan fingerprint density at radius 3 is 2.12 bits per heavy atom. The molecule has 0 heterocycles. The summed E-state index contributed by atoms with van der Waals surface area (Å²) in [6.45, 7) is 11.9. The van der Waals surface area contributed by atoms with E-state index in [1.54, 1.807) is 6.08 Å². The number of benzene rings is 2. The van der Waals surface area contributed by atoms with Crippen LogP contribution in [0.15, 0.2) is 67.3 Å². The minimum absolute atomic E-state index is 0.322. The van der Waals surface area contributed by atoms with Gasteiger partial charge >= 0.3 is 5.97 Å². The average molecular weight is 337 g/mol. The molecule has 0 radical (unpaired) electrons. The fourth-order valence-corrected chi connectivity index (χ4v) is 2.75. The van der Waals surface area contributed by atoms with Crippen molar-refractivity contribution in [2.24, 2.45) is 0 Å². The van der Waals surface area contributed by atoms with Crippen LogP contribution in [-0.4, -0.2) is 18.1 Å². The number of hydrogen-bond donors (Lipinski definition) is 1. The first kappa shape index (κ1) is 18.9. The highest BCUT2D eigenvalue weighted by atomic mass is 16.6. The summed E-state index contributed by atoms with van der Waals surface area (Å²) in [4.78, 5) is 13.4. The van der Waals surface area contributed by atoms with Crippen LogP contribution in [0.2, 0.25) is 0 Å². The van der Waals surface area contributed by atoms with Gasteiger partial charge in [0.05, 0.1) is 0 Å². The zero-order valence-corrected chi connectivity index (χ0v) is 15.5. The van der Waals surface area contributed by atoms with Crippen LogP contribution in [0.1, 0.15) is 37.5 Å². The molecule has 0 spiro atoms. The van der Waals surface area contributed by atoms with E-state index in [0.29, 0.717) is 6.54 Å². The Morgan fingerprint density at radius 2 is 1.60 bits per heavy atom. The van der Waals surface area contributed by atoms with Gasteiger partial charge < -0.3 is 4.74 Å². The molecule has 2 aromatic carbocycles. The second kappa shape index (κ2) is 7.66. The number of ether oxygens (including phenoxy) is 1. The van der Waals surface area contributed by atoms with Gasteiger partial charge in [0.25, 0.3) is 0 Å². The van der Waals surface area contributed by atoms with Crippen molar-refractivity contribution in [2.45, 2.75) is 38.8 Å². The number of aryl methyl sites for hydroxylation is 1. The van der Waals surface area contributed by atoms with E-state index < -0.39 is 11.1 Å². The normalized spacial score (nSPS) is 13.8. The molecule has 132 valence electrons. The lowest BCUT2D eigenvalue weighted by Gasteiger charge is -2.36. The topological polar surface area (TPSA) is 38.3 Å². The molecule has 1 atom stereocenters. The van der Waals surface area contributed by atoms with Crippen molar-refractivity contribution in [1.29, 1.82) is 0 Å². The lowest BCUT2D eigenvalue weighted by Crippen LogP contribution is -2.52. The van der Waals surface area contributed by atoms with E-state index in [1.807, 2.05) is 82.3 Å². The highest BCUT2D eigenvalue weighted by Gasteiger charge is 2.44. The zero-order chi connectivity index (χ0) is 18.5. The first-order valence-electron chi connectivity index (χ1n) is 8.51. The minimum atomic E-state index is -1.09. The van der Waals surface area contributed by atoms with Gasteiger partial charge in [0, 0.05) is 6.54 Å². The Kier molecular flexibility index (Phi) is 5.81. The summed E-state index contributed by atoms with van der Waals surface area (Å²) in [5.41, 5.74) is 1.16. The number of carbonyl (C=O) groups is 1. The van der Waals surface area contributed by atoms with Crippen molar-refractivity contribution >= 4 is 5.97 Å². The molecule has 0 saturated carbocycles. The number of carbonyl (C=O) groups excluding carboxylic acids is 1. The lowest BCUT2D eigenvalue weighted by molar-refractivity contribution is -0.161. The van der Waals surface area contributed by atoms with E-state index in [0.717, 1.165) is 16.7 Å². The quantitative estimate of drug-likeness (QED) is 0.629. The maximum atomic E-state index is 13.4. The lowest BCUT2D eigenvalue weighted by atomic mass is 9.82.